The van der Waals surface area contributed by atoms with Crippen LogP contribution in [-0.2, 0) is 4.74 Å². The minimum atomic E-state index is 0. The van der Waals surface area contributed by atoms with Crippen LogP contribution in [0.1, 0.15) is 19.3 Å². The van der Waals surface area contributed by atoms with Crippen LogP contribution in [0.3, 0.4) is 0 Å². The van der Waals surface area contributed by atoms with E-state index in [1.54, 1.807) is 0 Å². The van der Waals surface area contributed by atoms with Gasteiger partial charge in [-0.1, -0.05) is 0 Å². The smallest absolute Gasteiger partial charge is 0.0703 e. The molecule has 0 bridgehead atoms. The third-order valence-corrected chi connectivity index (χ3v) is 2.51. The lowest BCUT2D eigenvalue weighted by atomic mass is 10.0. The highest BCUT2D eigenvalue weighted by molar-refractivity contribution is 5.85. The molecule has 2 nitrogen and oxygen atoms in total. The zero-order chi connectivity index (χ0) is 6.32. The fourth-order valence-electron chi connectivity index (χ4n) is 1.57. The van der Waals surface area contributed by atoms with E-state index in [-0.39, 0.29) is 12.4 Å². The Balaban J connectivity index is 0.000000500. The second kappa shape index (κ2) is 2.68. The van der Waals surface area contributed by atoms with E-state index in [1.165, 1.54) is 19.3 Å². The highest BCUT2D eigenvalue weighted by atomic mass is 35.5. The predicted molar refractivity (Wildman–Crippen MR) is 42.3 cm³/mol. The van der Waals surface area contributed by atoms with Crippen LogP contribution >= 0.6 is 12.4 Å². The number of nitrogens with two attached hydrogens (primary N) is 1. The molecule has 0 aromatic carbocycles. The Kier molecular flexibility index (Phi) is 2.23. The van der Waals surface area contributed by atoms with E-state index in [0.29, 0.717) is 18.1 Å². The van der Waals surface area contributed by atoms with Crippen LogP contribution in [0.15, 0.2) is 0 Å². The summed E-state index contributed by atoms with van der Waals surface area (Å²) in [6.07, 6.45) is 4.36. The summed E-state index contributed by atoms with van der Waals surface area (Å²) in [5.41, 5.74) is 6.07. The van der Waals surface area contributed by atoms with Crippen molar-refractivity contribution in [2.75, 3.05) is 13.2 Å². The molecule has 0 radical (unpaired) electrons. The van der Waals surface area contributed by atoms with Crippen molar-refractivity contribution in [2.45, 2.75) is 25.4 Å². The van der Waals surface area contributed by atoms with Gasteiger partial charge in [0.15, 0.2) is 0 Å². The molecular weight excluding hydrogens is 150 g/mol. The van der Waals surface area contributed by atoms with E-state index < -0.39 is 0 Å². The fourth-order valence-corrected chi connectivity index (χ4v) is 1.57. The predicted octanol–water partition coefficient (Wildman–Crippen LogP) is 0.936. The van der Waals surface area contributed by atoms with E-state index in [1.807, 2.05) is 0 Å². The molecule has 1 saturated carbocycles. The second-order valence-electron chi connectivity index (χ2n) is 3.37. The molecule has 1 atom stereocenters. The highest BCUT2D eigenvalue weighted by Crippen LogP contribution is 2.53. The molecule has 10 heavy (non-hydrogen) atoms. The quantitative estimate of drug-likeness (QED) is 0.625. The average Bonchev–Trinajstić information content (AvgIpc) is 2.44. The van der Waals surface area contributed by atoms with E-state index in [0.717, 1.165) is 6.61 Å². The van der Waals surface area contributed by atoms with Crippen molar-refractivity contribution in [3.05, 3.63) is 0 Å². The molecule has 1 aliphatic carbocycles. The number of ether oxygens (including phenoxy) is 1. The molecule has 0 aromatic heterocycles. The Bertz CT molecular complexity index is 125. The van der Waals surface area contributed by atoms with Crippen molar-refractivity contribution in [2.24, 2.45) is 11.1 Å². The fraction of sp³-hybridized carbons (Fsp3) is 1.00. The number of hydrogen-bond acceptors (Lipinski definition) is 2. The minimum Gasteiger partial charge on any atom is -0.376 e. The molecule has 1 heterocycles. The molecule has 0 aromatic rings. The number of rotatable bonds is 1. The minimum absolute atomic E-state index is 0. The van der Waals surface area contributed by atoms with Crippen LogP contribution in [0.5, 0.6) is 0 Å². The van der Waals surface area contributed by atoms with Crippen molar-refractivity contribution in [1.29, 1.82) is 0 Å². The maximum absolute atomic E-state index is 5.46. The number of halogens is 1. The van der Waals surface area contributed by atoms with Gasteiger partial charge in [0.25, 0.3) is 0 Å². The Morgan fingerprint density at radius 3 is 2.50 bits per heavy atom. The lowest BCUT2D eigenvalue weighted by Crippen LogP contribution is -2.18. The first-order chi connectivity index (χ1) is 4.35. The summed E-state index contributed by atoms with van der Waals surface area (Å²) in [4.78, 5) is 0. The standard InChI is InChI=1S/C7H13NO.ClH/c8-4-6-3-7(1-2-7)5-9-6;/h6H,1-5,8H2;1H/t6-;/m1./s1. The maximum Gasteiger partial charge on any atom is 0.0703 e. The maximum atomic E-state index is 5.46. The van der Waals surface area contributed by atoms with Gasteiger partial charge < -0.3 is 10.5 Å². The summed E-state index contributed by atoms with van der Waals surface area (Å²) in [5, 5.41) is 0. The van der Waals surface area contributed by atoms with Gasteiger partial charge in [-0.2, -0.15) is 0 Å². The first-order valence-electron chi connectivity index (χ1n) is 3.66. The summed E-state index contributed by atoms with van der Waals surface area (Å²) in [7, 11) is 0. The van der Waals surface area contributed by atoms with Crippen molar-refractivity contribution in [1.82, 2.24) is 0 Å². The largest absolute Gasteiger partial charge is 0.376 e. The summed E-state index contributed by atoms with van der Waals surface area (Å²) in [6.45, 7) is 1.69. The molecule has 60 valence electrons. The second-order valence-corrected chi connectivity index (χ2v) is 3.37. The zero-order valence-electron chi connectivity index (χ0n) is 6.01. The SMILES string of the molecule is Cl.NC[C@H]1CC2(CC2)CO1. The van der Waals surface area contributed by atoms with Gasteiger partial charge >= 0.3 is 0 Å². The molecule has 2 rings (SSSR count). The molecule has 2 N–H and O–H groups in total. The van der Waals surface area contributed by atoms with Crippen molar-refractivity contribution >= 4 is 12.4 Å². The summed E-state index contributed by atoms with van der Waals surface area (Å²) >= 11 is 0. The Labute approximate surface area is 67.5 Å². The normalized spacial score (nSPS) is 33.9. The molecule has 0 unspecified atom stereocenters. The zero-order valence-corrected chi connectivity index (χ0v) is 6.82. The molecule has 1 saturated heterocycles. The Morgan fingerprint density at radius 2 is 2.20 bits per heavy atom. The molecule has 2 fully saturated rings. The average molecular weight is 164 g/mol. The van der Waals surface area contributed by atoms with Crippen LogP contribution < -0.4 is 5.73 Å². The van der Waals surface area contributed by atoms with E-state index in [2.05, 4.69) is 0 Å². The van der Waals surface area contributed by atoms with E-state index in [4.69, 9.17) is 10.5 Å². The first kappa shape index (κ1) is 8.31. The van der Waals surface area contributed by atoms with Gasteiger partial charge in [-0.25, -0.2) is 0 Å². The highest BCUT2D eigenvalue weighted by Gasteiger charge is 2.48. The van der Waals surface area contributed by atoms with Crippen LogP contribution in [-0.4, -0.2) is 19.3 Å². The third-order valence-electron chi connectivity index (χ3n) is 2.51. The first-order valence-corrected chi connectivity index (χ1v) is 3.66. The summed E-state index contributed by atoms with van der Waals surface area (Å²) < 4.78 is 5.45. The van der Waals surface area contributed by atoms with Crippen molar-refractivity contribution < 1.29 is 4.74 Å². The van der Waals surface area contributed by atoms with Gasteiger partial charge in [-0.15, -0.1) is 12.4 Å². The summed E-state index contributed by atoms with van der Waals surface area (Å²) in [5.74, 6) is 0. The van der Waals surface area contributed by atoms with Crippen LogP contribution in [0, 0.1) is 5.41 Å². The molecular formula is C7H14ClNO. The van der Waals surface area contributed by atoms with Gasteiger partial charge in [0.05, 0.1) is 12.7 Å². The van der Waals surface area contributed by atoms with Gasteiger partial charge in [0.2, 0.25) is 0 Å². The van der Waals surface area contributed by atoms with Crippen LogP contribution in [0.25, 0.3) is 0 Å². The third kappa shape index (κ3) is 1.29. The number of hydrogen-bond donors (Lipinski definition) is 1. The molecule has 3 heteroatoms. The van der Waals surface area contributed by atoms with Crippen molar-refractivity contribution in [3.8, 4) is 0 Å². The van der Waals surface area contributed by atoms with Gasteiger partial charge in [-0.05, 0) is 24.7 Å². The van der Waals surface area contributed by atoms with Crippen molar-refractivity contribution in [3.63, 3.8) is 0 Å². The van der Waals surface area contributed by atoms with Crippen LogP contribution in [0.2, 0.25) is 0 Å². The van der Waals surface area contributed by atoms with E-state index in [9.17, 15) is 0 Å². The Hall–Kier alpha value is 0.210. The molecule has 0 amide bonds. The van der Waals surface area contributed by atoms with Crippen LogP contribution in [0.4, 0.5) is 0 Å². The topological polar surface area (TPSA) is 35.2 Å². The van der Waals surface area contributed by atoms with Gasteiger partial charge in [-0.3, -0.25) is 0 Å². The molecule has 1 spiro atoms. The summed E-state index contributed by atoms with van der Waals surface area (Å²) in [6, 6.07) is 0. The van der Waals surface area contributed by atoms with E-state index >= 15 is 0 Å². The lowest BCUT2D eigenvalue weighted by Gasteiger charge is -2.02. The Morgan fingerprint density at radius 1 is 1.50 bits per heavy atom. The monoisotopic (exact) mass is 163 g/mol. The van der Waals surface area contributed by atoms with Gasteiger partial charge in [0.1, 0.15) is 0 Å². The van der Waals surface area contributed by atoms with Gasteiger partial charge in [0, 0.05) is 6.54 Å². The molecule has 2 aliphatic rings. The lowest BCUT2D eigenvalue weighted by molar-refractivity contribution is 0.111. The molecule has 1 aliphatic heterocycles.